The minimum atomic E-state index is 0.224. The largest absolute Gasteiger partial charge is 0.383 e. The Balaban J connectivity index is 1.99. The van der Waals surface area contributed by atoms with Gasteiger partial charge in [-0.1, -0.05) is 0 Å². The summed E-state index contributed by atoms with van der Waals surface area (Å²) in [5, 5.41) is 4.12. The first kappa shape index (κ1) is 11.3. The second kappa shape index (κ2) is 4.78. The highest BCUT2D eigenvalue weighted by molar-refractivity contribution is 7.99. The molecule has 0 spiro atoms. The summed E-state index contributed by atoms with van der Waals surface area (Å²) in [6.45, 7) is 0. The van der Waals surface area contributed by atoms with Gasteiger partial charge in [0.25, 0.3) is 0 Å². The van der Waals surface area contributed by atoms with Gasteiger partial charge in [0.1, 0.15) is 11.6 Å². The highest BCUT2D eigenvalue weighted by Gasteiger charge is 2.24. The molecule has 1 aromatic heterocycles. The fourth-order valence-electron chi connectivity index (χ4n) is 2.05. The van der Waals surface area contributed by atoms with Gasteiger partial charge in [0, 0.05) is 17.4 Å². The summed E-state index contributed by atoms with van der Waals surface area (Å²) >= 11 is 1.93. The molecule has 5 nitrogen and oxygen atoms in total. The van der Waals surface area contributed by atoms with Crippen LogP contribution in [0, 0.1) is 0 Å². The SMILES string of the molecule is CSC1CCC(Nc2cc(N)nc(N)n2)C1. The maximum absolute atomic E-state index is 5.61. The van der Waals surface area contributed by atoms with Crippen LogP contribution in [0.25, 0.3) is 0 Å². The van der Waals surface area contributed by atoms with E-state index >= 15 is 0 Å². The van der Waals surface area contributed by atoms with Gasteiger partial charge in [-0.25, -0.2) is 0 Å². The van der Waals surface area contributed by atoms with Gasteiger partial charge in [-0.2, -0.15) is 21.7 Å². The van der Waals surface area contributed by atoms with Crippen molar-refractivity contribution in [3.63, 3.8) is 0 Å². The molecular weight excluding hydrogens is 222 g/mol. The Labute approximate surface area is 99.4 Å². The first-order valence-corrected chi connectivity index (χ1v) is 6.65. The third-order valence-electron chi connectivity index (χ3n) is 2.83. The topological polar surface area (TPSA) is 89.8 Å². The zero-order valence-electron chi connectivity index (χ0n) is 9.31. The Morgan fingerprint density at radius 1 is 1.38 bits per heavy atom. The summed E-state index contributed by atoms with van der Waals surface area (Å²) in [5.41, 5.74) is 11.2. The monoisotopic (exact) mass is 239 g/mol. The Morgan fingerprint density at radius 3 is 2.81 bits per heavy atom. The third kappa shape index (κ3) is 2.69. The predicted octanol–water partition coefficient (Wildman–Crippen LogP) is 1.34. The number of thioether (sulfide) groups is 1. The van der Waals surface area contributed by atoms with E-state index in [1.165, 1.54) is 19.3 Å². The highest BCUT2D eigenvalue weighted by atomic mass is 32.2. The first-order chi connectivity index (χ1) is 7.67. The third-order valence-corrected chi connectivity index (χ3v) is 3.93. The minimum Gasteiger partial charge on any atom is -0.383 e. The average molecular weight is 239 g/mol. The van der Waals surface area contributed by atoms with Crippen LogP contribution >= 0.6 is 11.8 Å². The van der Waals surface area contributed by atoms with Gasteiger partial charge in [-0.15, -0.1) is 0 Å². The molecule has 1 aromatic rings. The van der Waals surface area contributed by atoms with Crippen LogP contribution in [0.15, 0.2) is 6.07 Å². The molecule has 6 heteroatoms. The van der Waals surface area contributed by atoms with E-state index in [4.69, 9.17) is 11.5 Å². The van der Waals surface area contributed by atoms with Crippen LogP contribution in [-0.4, -0.2) is 27.5 Å². The minimum absolute atomic E-state index is 0.224. The van der Waals surface area contributed by atoms with Crippen molar-refractivity contribution in [3.05, 3.63) is 6.07 Å². The molecule has 0 radical (unpaired) electrons. The van der Waals surface area contributed by atoms with Crippen molar-refractivity contribution < 1.29 is 0 Å². The molecule has 0 saturated heterocycles. The summed E-state index contributed by atoms with van der Waals surface area (Å²) in [4.78, 5) is 7.96. The van der Waals surface area contributed by atoms with Gasteiger partial charge in [0.15, 0.2) is 0 Å². The Bertz CT molecular complexity index is 350. The number of aromatic nitrogens is 2. The summed E-state index contributed by atoms with van der Waals surface area (Å²) in [5.74, 6) is 1.37. The first-order valence-electron chi connectivity index (χ1n) is 5.36. The number of nitrogen functional groups attached to an aromatic ring is 2. The lowest BCUT2D eigenvalue weighted by atomic mass is 10.2. The van der Waals surface area contributed by atoms with E-state index < -0.39 is 0 Å². The number of anilines is 3. The Hall–Kier alpha value is -1.17. The lowest BCUT2D eigenvalue weighted by Crippen LogP contribution is -2.17. The summed E-state index contributed by atoms with van der Waals surface area (Å²) in [6, 6.07) is 2.20. The fourth-order valence-corrected chi connectivity index (χ4v) is 2.85. The molecule has 0 aromatic carbocycles. The molecule has 2 atom stereocenters. The van der Waals surface area contributed by atoms with E-state index in [1.807, 2.05) is 11.8 Å². The van der Waals surface area contributed by atoms with E-state index in [1.54, 1.807) is 6.07 Å². The maximum Gasteiger partial charge on any atom is 0.223 e. The average Bonchev–Trinajstić information content (AvgIpc) is 2.64. The highest BCUT2D eigenvalue weighted by Crippen LogP contribution is 2.30. The second-order valence-corrected chi connectivity index (χ2v) is 5.19. The second-order valence-electron chi connectivity index (χ2n) is 4.05. The lowest BCUT2D eigenvalue weighted by Gasteiger charge is -2.13. The van der Waals surface area contributed by atoms with E-state index in [0.29, 0.717) is 11.9 Å². The summed E-state index contributed by atoms with van der Waals surface area (Å²) < 4.78 is 0. The molecule has 0 bridgehead atoms. The van der Waals surface area contributed by atoms with Crippen LogP contribution in [0.4, 0.5) is 17.6 Å². The number of hydrogen-bond acceptors (Lipinski definition) is 6. The molecular formula is C10H17N5S. The van der Waals surface area contributed by atoms with Crippen LogP contribution in [-0.2, 0) is 0 Å². The van der Waals surface area contributed by atoms with Gasteiger partial charge in [-0.05, 0) is 25.5 Å². The summed E-state index contributed by atoms with van der Waals surface area (Å²) in [7, 11) is 0. The van der Waals surface area contributed by atoms with Crippen molar-refractivity contribution in [1.29, 1.82) is 0 Å². The molecule has 0 amide bonds. The predicted molar refractivity (Wildman–Crippen MR) is 69.4 cm³/mol. The van der Waals surface area contributed by atoms with Gasteiger partial charge >= 0.3 is 0 Å². The van der Waals surface area contributed by atoms with E-state index in [-0.39, 0.29) is 5.95 Å². The zero-order chi connectivity index (χ0) is 11.5. The van der Waals surface area contributed by atoms with Crippen LogP contribution < -0.4 is 16.8 Å². The molecule has 88 valence electrons. The van der Waals surface area contributed by atoms with Crippen LogP contribution in [0.5, 0.6) is 0 Å². The van der Waals surface area contributed by atoms with E-state index in [9.17, 15) is 0 Å². The van der Waals surface area contributed by atoms with Crippen molar-refractivity contribution in [2.24, 2.45) is 0 Å². The fraction of sp³-hybridized carbons (Fsp3) is 0.600. The maximum atomic E-state index is 5.61. The Morgan fingerprint density at radius 2 is 2.19 bits per heavy atom. The van der Waals surface area contributed by atoms with Gasteiger partial charge in [0.05, 0.1) is 0 Å². The zero-order valence-corrected chi connectivity index (χ0v) is 10.1. The number of rotatable bonds is 3. The van der Waals surface area contributed by atoms with Crippen molar-refractivity contribution in [2.75, 3.05) is 23.0 Å². The molecule has 1 aliphatic carbocycles. The quantitative estimate of drug-likeness (QED) is 0.737. The molecule has 1 aliphatic rings. The van der Waals surface area contributed by atoms with Crippen molar-refractivity contribution in [3.8, 4) is 0 Å². The normalized spacial score (nSPS) is 24.6. The molecule has 1 saturated carbocycles. The van der Waals surface area contributed by atoms with E-state index in [2.05, 4.69) is 21.5 Å². The van der Waals surface area contributed by atoms with E-state index in [0.717, 1.165) is 11.1 Å². The molecule has 1 fully saturated rings. The van der Waals surface area contributed by atoms with Gasteiger partial charge in [0.2, 0.25) is 5.95 Å². The molecule has 2 rings (SSSR count). The van der Waals surface area contributed by atoms with Crippen molar-refractivity contribution >= 4 is 29.3 Å². The van der Waals surface area contributed by atoms with Crippen LogP contribution in [0.3, 0.4) is 0 Å². The smallest absolute Gasteiger partial charge is 0.223 e. The van der Waals surface area contributed by atoms with Gasteiger partial charge < -0.3 is 16.8 Å². The number of nitrogens with two attached hydrogens (primary N) is 2. The van der Waals surface area contributed by atoms with Crippen LogP contribution in [0.2, 0.25) is 0 Å². The standard InChI is InChI=1S/C10H17N5S/c1-16-7-3-2-6(4-7)13-9-5-8(11)14-10(12)15-9/h5-7H,2-4H2,1H3,(H5,11,12,13,14,15). The molecule has 16 heavy (non-hydrogen) atoms. The molecule has 1 heterocycles. The lowest BCUT2D eigenvalue weighted by molar-refractivity contribution is 0.752. The van der Waals surface area contributed by atoms with Gasteiger partial charge in [-0.3, -0.25) is 0 Å². The number of hydrogen-bond donors (Lipinski definition) is 3. The number of nitrogens with one attached hydrogen (secondary N) is 1. The number of nitrogens with zero attached hydrogens (tertiary/aromatic N) is 2. The Kier molecular flexibility index (Phi) is 3.38. The molecule has 5 N–H and O–H groups in total. The molecule has 0 aliphatic heterocycles. The molecule has 2 unspecified atom stereocenters. The van der Waals surface area contributed by atoms with Crippen molar-refractivity contribution in [2.45, 2.75) is 30.6 Å². The van der Waals surface area contributed by atoms with Crippen LogP contribution in [0.1, 0.15) is 19.3 Å². The summed E-state index contributed by atoms with van der Waals surface area (Å²) in [6.07, 6.45) is 5.77. The van der Waals surface area contributed by atoms with Crippen molar-refractivity contribution in [1.82, 2.24) is 9.97 Å².